The summed E-state index contributed by atoms with van der Waals surface area (Å²) in [6.07, 6.45) is 0.775. The van der Waals surface area contributed by atoms with Crippen molar-refractivity contribution in [1.29, 1.82) is 0 Å². The first-order valence-electron chi connectivity index (χ1n) is 11.0. The molecule has 1 saturated heterocycles. The molecule has 1 aromatic heterocycles. The molecular weight excluding hydrogens is 473 g/mol. The fourth-order valence-electron chi connectivity index (χ4n) is 3.81. The van der Waals surface area contributed by atoms with Gasteiger partial charge in [0.25, 0.3) is 0 Å². The molecule has 0 atom stereocenters. The van der Waals surface area contributed by atoms with Crippen molar-refractivity contribution in [1.82, 2.24) is 9.97 Å². The van der Waals surface area contributed by atoms with E-state index in [2.05, 4.69) is 14.7 Å². The van der Waals surface area contributed by atoms with Gasteiger partial charge >= 0.3 is 17.5 Å². The molecule has 0 N–H and O–H groups in total. The van der Waals surface area contributed by atoms with Crippen LogP contribution in [0, 0.1) is 15.9 Å². The molecule has 36 heavy (non-hydrogen) atoms. The molecular formula is C24H22FN5O6. The van der Waals surface area contributed by atoms with E-state index in [-0.39, 0.29) is 28.8 Å². The van der Waals surface area contributed by atoms with E-state index in [1.54, 1.807) is 23.1 Å². The molecule has 2 aromatic carbocycles. The summed E-state index contributed by atoms with van der Waals surface area (Å²) in [6, 6.07) is 12.2. The molecule has 0 aliphatic carbocycles. The Labute approximate surface area is 205 Å². The number of aromatic nitrogens is 2. The largest absolute Gasteiger partial charge is 0.469 e. The number of hydrogen-bond donors (Lipinski definition) is 0. The molecule has 0 spiro atoms. The van der Waals surface area contributed by atoms with Crippen molar-refractivity contribution >= 4 is 28.9 Å². The van der Waals surface area contributed by atoms with Gasteiger partial charge < -0.3 is 19.3 Å². The number of Topliss-reactive ketones (excluding diaryl/α,β-unsaturated/α-hetero) is 1. The Morgan fingerprint density at radius 3 is 2.33 bits per heavy atom. The Kier molecular flexibility index (Phi) is 7.33. The summed E-state index contributed by atoms with van der Waals surface area (Å²) in [5, 5.41) is 12.0. The number of hydrogen-bond acceptors (Lipinski definition) is 10. The summed E-state index contributed by atoms with van der Waals surface area (Å²) in [5.74, 6) is -1.36. The van der Waals surface area contributed by atoms with Crippen molar-refractivity contribution in [3.8, 4) is 11.6 Å². The van der Waals surface area contributed by atoms with Crippen molar-refractivity contribution in [3.05, 3.63) is 76.4 Å². The van der Waals surface area contributed by atoms with Gasteiger partial charge in [-0.1, -0.05) is 12.1 Å². The molecule has 2 heterocycles. The highest BCUT2D eigenvalue weighted by Gasteiger charge is 2.31. The third-order valence-corrected chi connectivity index (χ3v) is 5.65. The van der Waals surface area contributed by atoms with Gasteiger partial charge in [-0.3, -0.25) is 19.7 Å². The van der Waals surface area contributed by atoms with E-state index in [0.717, 1.165) is 0 Å². The zero-order valence-corrected chi connectivity index (χ0v) is 19.3. The predicted octanol–water partition coefficient (Wildman–Crippen LogP) is 3.39. The second kappa shape index (κ2) is 10.8. The van der Waals surface area contributed by atoms with Crippen molar-refractivity contribution < 1.29 is 28.4 Å². The minimum atomic E-state index is -0.654. The van der Waals surface area contributed by atoms with Crippen LogP contribution in [-0.2, 0) is 9.53 Å². The number of nitrogens with zero attached hydrogens (tertiary/aromatic N) is 5. The van der Waals surface area contributed by atoms with E-state index in [1.165, 1.54) is 43.8 Å². The Morgan fingerprint density at radius 1 is 1.03 bits per heavy atom. The normalized spacial score (nSPS) is 13.3. The van der Waals surface area contributed by atoms with Crippen LogP contribution in [0.25, 0.3) is 0 Å². The van der Waals surface area contributed by atoms with Crippen molar-refractivity contribution in [2.45, 2.75) is 6.42 Å². The highest BCUT2D eigenvalue weighted by atomic mass is 19.1. The molecule has 11 nitrogen and oxygen atoms in total. The summed E-state index contributed by atoms with van der Waals surface area (Å²) >= 11 is 0. The van der Waals surface area contributed by atoms with E-state index in [9.17, 15) is 24.1 Å². The quantitative estimate of drug-likeness (QED) is 0.151. The minimum absolute atomic E-state index is 0.100. The van der Waals surface area contributed by atoms with Gasteiger partial charge in [-0.15, -0.1) is 0 Å². The Morgan fingerprint density at radius 2 is 1.69 bits per heavy atom. The fraction of sp³-hybridized carbons (Fsp3) is 0.250. The number of halogens is 1. The van der Waals surface area contributed by atoms with Crippen LogP contribution in [0.1, 0.15) is 16.8 Å². The Bertz CT molecular complexity index is 1280. The van der Waals surface area contributed by atoms with Crippen LogP contribution in [0.5, 0.6) is 11.6 Å². The second-order valence-electron chi connectivity index (χ2n) is 7.84. The third kappa shape index (κ3) is 5.37. The van der Waals surface area contributed by atoms with Crippen LogP contribution >= 0.6 is 0 Å². The van der Waals surface area contributed by atoms with Crippen LogP contribution in [-0.4, -0.2) is 59.9 Å². The lowest BCUT2D eigenvalue weighted by atomic mass is 10.1. The highest BCUT2D eigenvalue weighted by Crippen LogP contribution is 2.36. The van der Waals surface area contributed by atoms with Crippen molar-refractivity contribution in [3.63, 3.8) is 0 Å². The summed E-state index contributed by atoms with van der Waals surface area (Å²) < 4.78 is 24.3. The Balaban J connectivity index is 1.50. The number of ketones is 1. The number of para-hydroxylation sites is 1. The molecule has 0 radical (unpaired) electrons. The van der Waals surface area contributed by atoms with E-state index in [1.807, 2.05) is 4.90 Å². The maximum Gasteiger partial charge on any atom is 0.373 e. The second-order valence-corrected chi connectivity index (χ2v) is 7.84. The number of carbonyl (C=O) groups excluding carboxylic acids is 2. The van der Waals surface area contributed by atoms with Crippen LogP contribution in [0.15, 0.2) is 54.9 Å². The zero-order chi connectivity index (χ0) is 25.7. The standard InChI is InChI=1S/C24H22FN5O6/c1-35-21(32)14-20(31)16-6-8-17(9-7-16)36-24-22(30(33)34)23(26-15-27-24)29-12-10-28(11-13-29)19-5-3-2-4-18(19)25/h2-9,15H,10-14H2,1H3. The average molecular weight is 495 g/mol. The molecule has 0 unspecified atom stereocenters. The maximum atomic E-state index is 14.1. The SMILES string of the molecule is COC(=O)CC(=O)c1ccc(Oc2ncnc(N3CCN(c4ccccc4F)CC3)c2[N+](=O)[O-])cc1. The molecule has 3 aromatic rings. The molecule has 4 rings (SSSR count). The maximum absolute atomic E-state index is 14.1. The monoisotopic (exact) mass is 495 g/mol. The zero-order valence-electron chi connectivity index (χ0n) is 19.3. The first kappa shape index (κ1) is 24.5. The molecule has 0 bridgehead atoms. The number of nitro groups is 1. The number of esters is 1. The van der Waals surface area contributed by atoms with Gasteiger partial charge in [-0.2, -0.15) is 4.98 Å². The molecule has 12 heteroatoms. The lowest BCUT2D eigenvalue weighted by Gasteiger charge is -2.36. The summed E-state index contributed by atoms with van der Waals surface area (Å²) in [6.45, 7) is 1.64. The fourth-order valence-corrected chi connectivity index (χ4v) is 3.81. The van der Waals surface area contributed by atoms with Gasteiger partial charge in [-0.05, 0) is 36.4 Å². The molecule has 186 valence electrons. The van der Waals surface area contributed by atoms with Gasteiger partial charge in [0.15, 0.2) is 5.78 Å². The van der Waals surface area contributed by atoms with Gasteiger partial charge in [0.2, 0.25) is 5.82 Å². The number of rotatable bonds is 8. The van der Waals surface area contributed by atoms with E-state index in [4.69, 9.17) is 4.74 Å². The van der Waals surface area contributed by atoms with Gasteiger partial charge in [-0.25, -0.2) is 9.37 Å². The van der Waals surface area contributed by atoms with Crippen molar-refractivity contribution in [2.24, 2.45) is 0 Å². The summed E-state index contributed by atoms with van der Waals surface area (Å²) in [5.41, 5.74) is 0.341. The number of piperazine rings is 1. The van der Waals surface area contributed by atoms with Gasteiger partial charge in [0, 0.05) is 31.7 Å². The summed E-state index contributed by atoms with van der Waals surface area (Å²) in [7, 11) is 1.19. The Hall–Kier alpha value is -4.61. The number of carbonyl (C=O) groups is 2. The van der Waals surface area contributed by atoms with Crippen LogP contribution in [0.2, 0.25) is 0 Å². The predicted molar refractivity (Wildman–Crippen MR) is 127 cm³/mol. The molecule has 0 amide bonds. The lowest BCUT2D eigenvalue weighted by Crippen LogP contribution is -2.47. The van der Waals surface area contributed by atoms with E-state index >= 15 is 0 Å². The number of anilines is 2. The number of ether oxygens (including phenoxy) is 2. The van der Waals surface area contributed by atoms with Crippen LogP contribution < -0.4 is 14.5 Å². The molecule has 1 fully saturated rings. The number of benzene rings is 2. The molecule has 1 aliphatic heterocycles. The first-order chi connectivity index (χ1) is 17.4. The smallest absolute Gasteiger partial charge is 0.373 e. The number of methoxy groups -OCH3 is 1. The van der Waals surface area contributed by atoms with Crippen LogP contribution in [0.4, 0.5) is 21.6 Å². The highest BCUT2D eigenvalue weighted by molar-refractivity contribution is 6.05. The van der Waals surface area contributed by atoms with Gasteiger partial charge in [0.05, 0.1) is 17.7 Å². The minimum Gasteiger partial charge on any atom is -0.469 e. The van der Waals surface area contributed by atoms with Crippen molar-refractivity contribution in [2.75, 3.05) is 43.1 Å². The summed E-state index contributed by atoms with van der Waals surface area (Å²) in [4.78, 5) is 46.4. The van der Waals surface area contributed by atoms with Gasteiger partial charge in [0.1, 0.15) is 24.3 Å². The average Bonchev–Trinajstić information content (AvgIpc) is 2.89. The lowest BCUT2D eigenvalue weighted by molar-refractivity contribution is -0.385. The third-order valence-electron chi connectivity index (χ3n) is 5.65. The molecule has 1 aliphatic rings. The molecule has 0 saturated carbocycles. The van der Waals surface area contributed by atoms with E-state index in [0.29, 0.717) is 31.9 Å². The van der Waals surface area contributed by atoms with E-state index < -0.39 is 28.8 Å². The topological polar surface area (TPSA) is 128 Å². The first-order valence-corrected chi connectivity index (χ1v) is 11.0. The van der Waals surface area contributed by atoms with Crippen LogP contribution in [0.3, 0.4) is 0 Å².